The van der Waals surface area contributed by atoms with Crippen LogP contribution in [0.3, 0.4) is 0 Å². The van der Waals surface area contributed by atoms with Crippen LogP contribution in [0.5, 0.6) is 5.75 Å². The topological polar surface area (TPSA) is 101 Å². The first-order valence-electron chi connectivity index (χ1n) is 9.74. The van der Waals surface area contributed by atoms with Crippen LogP contribution in [0.4, 0.5) is 11.4 Å². The second-order valence-corrected chi connectivity index (χ2v) is 6.72. The van der Waals surface area contributed by atoms with Crippen molar-refractivity contribution in [3.05, 3.63) is 59.7 Å². The number of hydrogen-bond donors (Lipinski definition) is 1. The van der Waals surface area contributed by atoms with Crippen molar-refractivity contribution >= 4 is 29.3 Å². The molecule has 1 aliphatic rings. The van der Waals surface area contributed by atoms with Gasteiger partial charge in [0, 0.05) is 24.5 Å². The third-order valence-corrected chi connectivity index (χ3v) is 4.61. The molecule has 2 aromatic rings. The van der Waals surface area contributed by atoms with Crippen LogP contribution in [0.1, 0.15) is 5.56 Å². The number of carbonyl (C=O) groups is 2. The zero-order valence-electron chi connectivity index (χ0n) is 17.2. The number of esters is 1. The molecule has 31 heavy (non-hydrogen) atoms. The lowest BCUT2D eigenvalue weighted by Crippen LogP contribution is -2.36. The van der Waals surface area contributed by atoms with Crippen LogP contribution in [-0.2, 0) is 19.1 Å². The summed E-state index contributed by atoms with van der Waals surface area (Å²) in [5.41, 5.74) is 2.04. The number of nitrogens with zero attached hydrogens (tertiary/aromatic N) is 2. The second-order valence-electron chi connectivity index (χ2n) is 6.72. The summed E-state index contributed by atoms with van der Waals surface area (Å²) >= 11 is 0. The highest BCUT2D eigenvalue weighted by Gasteiger charge is 2.14. The number of hydrogen-bond acceptors (Lipinski definition) is 7. The van der Waals surface area contributed by atoms with Crippen LogP contribution < -0.4 is 15.0 Å². The van der Waals surface area contributed by atoms with Gasteiger partial charge in [0.15, 0.2) is 6.61 Å². The van der Waals surface area contributed by atoms with Crippen molar-refractivity contribution in [2.24, 2.45) is 0 Å². The third kappa shape index (κ3) is 6.32. The number of morpholine rings is 1. The molecule has 0 aromatic heterocycles. The van der Waals surface area contributed by atoms with Crippen molar-refractivity contribution in [3.8, 4) is 11.8 Å². The van der Waals surface area contributed by atoms with E-state index in [1.165, 1.54) is 13.2 Å². The number of nitrogens with one attached hydrogen (secondary N) is 1. The van der Waals surface area contributed by atoms with Crippen molar-refractivity contribution in [1.29, 1.82) is 5.26 Å². The Morgan fingerprint density at radius 3 is 2.61 bits per heavy atom. The molecular formula is C23H23N3O5. The summed E-state index contributed by atoms with van der Waals surface area (Å²) in [5, 5.41) is 11.9. The van der Waals surface area contributed by atoms with E-state index in [1.807, 2.05) is 12.1 Å². The van der Waals surface area contributed by atoms with Crippen molar-refractivity contribution in [3.63, 3.8) is 0 Å². The average Bonchev–Trinajstić information content (AvgIpc) is 2.82. The van der Waals surface area contributed by atoms with E-state index in [-0.39, 0.29) is 5.57 Å². The number of benzene rings is 2. The third-order valence-electron chi connectivity index (χ3n) is 4.61. The maximum absolute atomic E-state index is 12.2. The van der Waals surface area contributed by atoms with E-state index in [1.54, 1.807) is 42.5 Å². The summed E-state index contributed by atoms with van der Waals surface area (Å²) in [6.07, 6.45) is 1.38. The molecule has 2 aromatic carbocycles. The molecule has 0 unspecified atom stereocenters. The lowest BCUT2D eigenvalue weighted by Gasteiger charge is -2.28. The SMILES string of the molecule is COc1cccc(/C=C(\C#N)C(=O)OCC(=O)Nc2ccc(N3CCOCC3)cc2)c1. The van der Waals surface area contributed by atoms with Gasteiger partial charge in [0.2, 0.25) is 0 Å². The minimum absolute atomic E-state index is 0.212. The van der Waals surface area contributed by atoms with Crippen LogP contribution >= 0.6 is 0 Å². The van der Waals surface area contributed by atoms with Gasteiger partial charge in [-0.25, -0.2) is 4.79 Å². The molecule has 1 aliphatic heterocycles. The van der Waals surface area contributed by atoms with E-state index in [9.17, 15) is 14.9 Å². The molecule has 8 nitrogen and oxygen atoms in total. The van der Waals surface area contributed by atoms with Crippen molar-refractivity contribution in [1.82, 2.24) is 0 Å². The molecule has 1 N–H and O–H groups in total. The standard InChI is InChI=1S/C23H23N3O5/c1-29-21-4-2-3-17(14-21)13-18(15-24)23(28)31-16-22(27)25-19-5-7-20(8-6-19)26-9-11-30-12-10-26/h2-8,13-14H,9-12,16H2,1H3,(H,25,27)/b18-13+. The number of amides is 1. The summed E-state index contributed by atoms with van der Waals surface area (Å²) in [4.78, 5) is 26.5. The fraction of sp³-hybridized carbons (Fsp3) is 0.261. The number of carbonyl (C=O) groups excluding carboxylic acids is 2. The number of methoxy groups -OCH3 is 1. The molecule has 1 fully saturated rings. The van der Waals surface area contributed by atoms with Crippen LogP contribution in [0.25, 0.3) is 6.08 Å². The number of ether oxygens (including phenoxy) is 3. The Hall–Kier alpha value is -3.83. The van der Waals surface area contributed by atoms with E-state index >= 15 is 0 Å². The molecule has 1 saturated heterocycles. The van der Waals surface area contributed by atoms with Gasteiger partial charge in [0.1, 0.15) is 17.4 Å². The fourth-order valence-electron chi connectivity index (χ4n) is 3.02. The van der Waals surface area contributed by atoms with Crippen molar-refractivity contribution < 1.29 is 23.8 Å². The molecule has 8 heteroatoms. The molecule has 1 amide bonds. The van der Waals surface area contributed by atoms with Gasteiger partial charge in [-0.2, -0.15) is 5.26 Å². The molecule has 0 saturated carbocycles. The smallest absolute Gasteiger partial charge is 0.349 e. The zero-order valence-corrected chi connectivity index (χ0v) is 17.2. The Kier molecular flexibility index (Phi) is 7.62. The monoisotopic (exact) mass is 421 g/mol. The van der Waals surface area contributed by atoms with Crippen LogP contribution in [-0.4, -0.2) is 51.9 Å². The van der Waals surface area contributed by atoms with E-state index < -0.39 is 18.5 Å². The zero-order chi connectivity index (χ0) is 22.1. The highest BCUT2D eigenvalue weighted by molar-refractivity contribution is 6.00. The summed E-state index contributed by atoms with van der Waals surface area (Å²) < 4.78 is 15.4. The molecule has 0 spiro atoms. The van der Waals surface area contributed by atoms with Crippen molar-refractivity contribution in [2.75, 3.05) is 50.2 Å². The summed E-state index contributed by atoms with van der Waals surface area (Å²) in [5.74, 6) is -0.771. The van der Waals surface area contributed by atoms with Crippen LogP contribution in [0.15, 0.2) is 54.1 Å². The van der Waals surface area contributed by atoms with E-state index in [4.69, 9.17) is 14.2 Å². The normalized spacial score (nSPS) is 13.8. The molecule has 0 bridgehead atoms. The van der Waals surface area contributed by atoms with E-state index in [0.717, 1.165) is 18.8 Å². The maximum atomic E-state index is 12.2. The first-order valence-corrected chi connectivity index (χ1v) is 9.74. The molecule has 3 rings (SSSR count). The molecule has 160 valence electrons. The van der Waals surface area contributed by atoms with Crippen LogP contribution in [0.2, 0.25) is 0 Å². The van der Waals surface area contributed by atoms with Gasteiger partial charge in [0.25, 0.3) is 5.91 Å². The summed E-state index contributed by atoms with van der Waals surface area (Å²) in [7, 11) is 1.52. The minimum atomic E-state index is -0.872. The molecular weight excluding hydrogens is 398 g/mol. The van der Waals surface area contributed by atoms with Gasteiger partial charge in [-0.05, 0) is 48.0 Å². The highest BCUT2D eigenvalue weighted by Crippen LogP contribution is 2.19. The van der Waals surface area contributed by atoms with Crippen molar-refractivity contribution in [2.45, 2.75) is 0 Å². The van der Waals surface area contributed by atoms with Gasteiger partial charge in [-0.15, -0.1) is 0 Å². The van der Waals surface area contributed by atoms with Gasteiger partial charge < -0.3 is 24.4 Å². The van der Waals surface area contributed by atoms with Crippen LogP contribution in [0, 0.1) is 11.3 Å². The maximum Gasteiger partial charge on any atom is 0.349 e. The van der Waals surface area contributed by atoms with Gasteiger partial charge in [-0.1, -0.05) is 12.1 Å². The number of anilines is 2. The number of rotatable bonds is 7. The Morgan fingerprint density at radius 2 is 1.94 bits per heavy atom. The second kappa shape index (κ2) is 10.8. The Morgan fingerprint density at radius 1 is 1.19 bits per heavy atom. The predicted molar refractivity (Wildman–Crippen MR) is 116 cm³/mol. The summed E-state index contributed by atoms with van der Waals surface area (Å²) in [6.45, 7) is 2.54. The predicted octanol–water partition coefficient (Wildman–Crippen LogP) is 2.62. The van der Waals surface area contributed by atoms with E-state index in [0.29, 0.717) is 30.2 Å². The lowest BCUT2D eigenvalue weighted by molar-refractivity contribution is -0.142. The quantitative estimate of drug-likeness (QED) is 0.417. The first-order chi connectivity index (χ1) is 15.1. The van der Waals surface area contributed by atoms with Gasteiger partial charge in [-0.3, -0.25) is 4.79 Å². The van der Waals surface area contributed by atoms with E-state index in [2.05, 4.69) is 10.2 Å². The molecule has 0 radical (unpaired) electrons. The minimum Gasteiger partial charge on any atom is -0.497 e. The molecule has 1 heterocycles. The highest BCUT2D eigenvalue weighted by atomic mass is 16.5. The van der Waals surface area contributed by atoms with Gasteiger partial charge >= 0.3 is 5.97 Å². The summed E-state index contributed by atoms with van der Waals surface area (Å²) in [6, 6.07) is 16.1. The largest absolute Gasteiger partial charge is 0.497 e. The molecule has 0 aliphatic carbocycles. The lowest BCUT2D eigenvalue weighted by atomic mass is 10.1. The van der Waals surface area contributed by atoms with Gasteiger partial charge in [0.05, 0.1) is 20.3 Å². The average molecular weight is 421 g/mol. The Bertz CT molecular complexity index is 989. The Balaban J connectivity index is 1.52. The first kappa shape index (κ1) is 21.9. The molecule has 0 atom stereocenters. The Labute approximate surface area is 180 Å². The fourth-order valence-corrected chi connectivity index (χ4v) is 3.02. The number of nitriles is 1.